The van der Waals surface area contributed by atoms with Gasteiger partial charge in [-0.25, -0.2) is 0 Å². The molecule has 2 fully saturated rings. The van der Waals surface area contributed by atoms with Crippen molar-refractivity contribution >= 4 is 0 Å². The molecule has 0 amide bonds. The van der Waals surface area contributed by atoms with Crippen molar-refractivity contribution < 1.29 is 4.74 Å². The Kier molecular flexibility index (Phi) is 6.96. The Balaban J connectivity index is 0.000000200. The van der Waals surface area contributed by atoms with E-state index >= 15 is 0 Å². The van der Waals surface area contributed by atoms with Gasteiger partial charge in [0.2, 0.25) is 0 Å². The lowest BCUT2D eigenvalue weighted by Crippen LogP contribution is -2.47. The van der Waals surface area contributed by atoms with Crippen LogP contribution in [0.2, 0.25) is 0 Å². The lowest BCUT2D eigenvalue weighted by atomic mass is 10.0. The van der Waals surface area contributed by atoms with Gasteiger partial charge in [0.25, 0.3) is 0 Å². The maximum Gasteiger partial charge on any atom is 0.0594 e. The summed E-state index contributed by atoms with van der Waals surface area (Å²) in [7, 11) is 0. The minimum absolute atomic E-state index is 0.323. The fourth-order valence-electron chi connectivity index (χ4n) is 2.80. The minimum atomic E-state index is 0.323. The lowest BCUT2D eigenvalue weighted by Gasteiger charge is -2.38. The molecule has 0 radical (unpaired) electrons. The van der Waals surface area contributed by atoms with Crippen molar-refractivity contribution in [2.45, 2.75) is 71.9 Å². The van der Waals surface area contributed by atoms with Crippen molar-refractivity contribution in [2.75, 3.05) is 39.4 Å². The van der Waals surface area contributed by atoms with Crippen LogP contribution in [-0.2, 0) is 4.74 Å². The average Bonchev–Trinajstić information content (AvgIpc) is 2.40. The molecule has 0 aromatic carbocycles. The number of nitrogens with zero attached hydrogens (tertiary/aromatic N) is 2. The summed E-state index contributed by atoms with van der Waals surface area (Å²) in [6, 6.07) is 0. The van der Waals surface area contributed by atoms with Crippen LogP contribution in [0, 0.1) is 0 Å². The van der Waals surface area contributed by atoms with E-state index < -0.39 is 0 Å². The molecule has 2 heterocycles. The van der Waals surface area contributed by atoms with Crippen molar-refractivity contribution in [3.8, 4) is 0 Å². The molecule has 0 unspecified atom stereocenters. The van der Waals surface area contributed by atoms with Gasteiger partial charge in [-0.05, 0) is 67.5 Å². The van der Waals surface area contributed by atoms with Gasteiger partial charge in [0.05, 0.1) is 13.2 Å². The minimum Gasteiger partial charge on any atom is -0.379 e. The van der Waals surface area contributed by atoms with Crippen LogP contribution in [0.5, 0.6) is 0 Å². The van der Waals surface area contributed by atoms with Gasteiger partial charge >= 0.3 is 0 Å². The first-order valence-electron chi connectivity index (χ1n) is 8.29. The summed E-state index contributed by atoms with van der Waals surface area (Å²) in [5.74, 6) is 0. The van der Waals surface area contributed by atoms with Gasteiger partial charge in [-0.2, -0.15) is 0 Å². The highest BCUT2D eigenvalue weighted by Gasteiger charge is 2.23. The first-order valence-corrected chi connectivity index (χ1v) is 8.29. The van der Waals surface area contributed by atoms with E-state index in [2.05, 4.69) is 51.3 Å². The molecule has 2 aliphatic heterocycles. The molecule has 2 rings (SSSR count). The zero-order chi connectivity index (χ0) is 15.2. The highest BCUT2D eigenvalue weighted by molar-refractivity contribution is 4.78. The fraction of sp³-hybridized carbons (Fsp3) is 1.00. The summed E-state index contributed by atoms with van der Waals surface area (Å²) in [6.45, 7) is 20.2. The van der Waals surface area contributed by atoms with Crippen LogP contribution >= 0.6 is 0 Å². The molecule has 20 heavy (non-hydrogen) atoms. The normalized spacial score (nSPS) is 23.1. The molecule has 120 valence electrons. The molecule has 0 aromatic rings. The Hall–Kier alpha value is -0.120. The molecule has 0 bridgehead atoms. The number of ether oxygens (including phenoxy) is 1. The number of hydrogen-bond acceptors (Lipinski definition) is 3. The molecule has 3 nitrogen and oxygen atoms in total. The number of rotatable bonds is 0. The topological polar surface area (TPSA) is 15.7 Å². The maximum absolute atomic E-state index is 5.25. The van der Waals surface area contributed by atoms with Gasteiger partial charge in [-0.3, -0.25) is 9.80 Å². The molecule has 0 saturated carbocycles. The van der Waals surface area contributed by atoms with Gasteiger partial charge in [-0.15, -0.1) is 0 Å². The second kappa shape index (κ2) is 7.77. The van der Waals surface area contributed by atoms with Crippen molar-refractivity contribution in [3.05, 3.63) is 0 Å². The second-order valence-electron chi connectivity index (χ2n) is 7.99. The summed E-state index contributed by atoms with van der Waals surface area (Å²) in [5, 5.41) is 0. The van der Waals surface area contributed by atoms with Crippen LogP contribution in [0.4, 0.5) is 0 Å². The van der Waals surface area contributed by atoms with E-state index in [-0.39, 0.29) is 0 Å². The van der Waals surface area contributed by atoms with Crippen molar-refractivity contribution in [2.24, 2.45) is 0 Å². The third-order valence-electron chi connectivity index (χ3n) is 4.26. The quantitative estimate of drug-likeness (QED) is 0.678. The zero-order valence-electron chi connectivity index (χ0n) is 14.7. The SMILES string of the molecule is CC(C)(C)N1CCCCC1.CC(C)(C)N1CCOCC1. The van der Waals surface area contributed by atoms with E-state index in [1.165, 1.54) is 32.4 Å². The van der Waals surface area contributed by atoms with E-state index in [1.54, 1.807) is 0 Å². The highest BCUT2D eigenvalue weighted by Crippen LogP contribution is 2.19. The van der Waals surface area contributed by atoms with Crippen molar-refractivity contribution in [1.82, 2.24) is 9.80 Å². The molecule has 0 spiro atoms. The Morgan fingerprint density at radius 1 is 0.600 bits per heavy atom. The first kappa shape index (κ1) is 17.9. The largest absolute Gasteiger partial charge is 0.379 e. The molecule has 0 atom stereocenters. The van der Waals surface area contributed by atoms with Gasteiger partial charge in [0.1, 0.15) is 0 Å². The van der Waals surface area contributed by atoms with E-state index in [4.69, 9.17) is 4.74 Å². The number of morpholine rings is 1. The van der Waals surface area contributed by atoms with Crippen LogP contribution in [-0.4, -0.2) is 60.3 Å². The van der Waals surface area contributed by atoms with E-state index in [9.17, 15) is 0 Å². The van der Waals surface area contributed by atoms with Gasteiger partial charge in [0, 0.05) is 24.2 Å². The fourth-order valence-corrected chi connectivity index (χ4v) is 2.80. The van der Waals surface area contributed by atoms with Crippen molar-refractivity contribution in [3.63, 3.8) is 0 Å². The Morgan fingerprint density at radius 3 is 1.30 bits per heavy atom. The Bertz CT molecular complexity index is 225. The average molecular weight is 284 g/mol. The second-order valence-corrected chi connectivity index (χ2v) is 7.99. The monoisotopic (exact) mass is 284 g/mol. The van der Waals surface area contributed by atoms with Crippen LogP contribution < -0.4 is 0 Å². The van der Waals surface area contributed by atoms with Gasteiger partial charge in [0.15, 0.2) is 0 Å². The molecule has 2 aliphatic rings. The summed E-state index contributed by atoms with van der Waals surface area (Å²) >= 11 is 0. The smallest absolute Gasteiger partial charge is 0.0594 e. The number of piperidine rings is 1. The summed E-state index contributed by atoms with van der Waals surface area (Å²) in [6.07, 6.45) is 4.24. The van der Waals surface area contributed by atoms with E-state index in [0.717, 1.165) is 26.3 Å². The van der Waals surface area contributed by atoms with E-state index in [1.807, 2.05) is 0 Å². The van der Waals surface area contributed by atoms with Crippen LogP contribution in [0.3, 0.4) is 0 Å². The van der Waals surface area contributed by atoms with E-state index in [0.29, 0.717) is 11.1 Å². The third-order valence-corrected chi connectivity index (χ3v) is 4.26. The molecule has 0 N–H and O–H groups in total. The van der Waals surface area contributed by atoms with Crippen molar-refractivity contribution in [1.29, 1.82) is 0 Å². The standard InChI is InChI=1S/C9H19N.C8H17NO/c1-9(2,3)10-7-5-4-6-8-10;1-8(2,3)9-4-6-10-7-5-9/h4-8H2,1-3H3;4-7H2,1-3H3. The molecule has 3 heteroatoms. The summed E-state index contributed by atoms with van der Waals surface area (Å²) in [4.78, 5) is 5.03. The van der Waals surface area contributed by atoms with Crippen LogP contribution in [0.25, 0.3) is 0 Å². The predicted octanol–water partition coefficient (Wildman–Crippen LogP) is 3.39. The number of hydrogen-bond donors (Lipinski definition) is 0. The summed E-state index contributed by atoms with van der Waals surface area (Å²) < 4.78 is 5.25. The lowest BCUT2D eigenvalue weighted by molar-refractivity contribution is -0.00389. The predicted molar refractivity (Wildman–Crippen MR) is 87.3 cm³/mol. The van der Waals surface area contributed by atoms with Gasteiger partial charge in [-0.1, -0.05) is 6.42 Å². The van der Waals surface area contributed by atoms with Crippen LogP contribution in [0.15, 0.2) is 0 Å². The first-order chi connectivity index (χ1) is 9.21. The molecule has 0 aliphatic carbocycles. The maximum atomic E-state index is 5.25. The molecule has 2 saturated heterocycles. The Morgan fingerprint density at radius 2 is 1.00 bits per heavy atom. The number of likely N-dealkylation sites (tertiary alicyclic amines) is 1. The van der Waals surface area contributed by atoms with Crippen LogP contribution in [0.1, 0.15) is 60.8 Å². The molecular weight excluding hydrogens is 248 g/mol. The Labute approximate surface area is 126 Å². The van der Waals surface area contributed by atoms with Gasteiger partial charge < -0.3 is 4.74 Å². The summed E-state index contributed by atoms with van der Waals surface area (Å²) in [5.41, 5.74) is 0.726. The third kappa shape index (κ3) is 6.55. The zero-order valence-corrected chi connectivity index (χ0v) is 14.7. The molecular formula is C17H36N2O. The highest BCUT2D eigenvalue weighted by atomic mass is 16.5. The molecule has 0 aromatic heterocycles.